The number of amides is 3. The summed E-state index contributed by atoms with van der Waals surface area (Å²) in [7, 11) is 1.58. The third-order valence-electron chi connectivity index (χ3n) is 5.75. The van der Waals surface area contributed by atoms with Gasteiger partial charge in [-0.15, -0.1) is 11.3 Å². The van der Waals surface area contributed by atoms with Gasteiger partial charge < -0.3 is 20.3 Å². The summed E-state index contributed by atoms with van der Waals surface area (Å²) >= 11 is 1.34. The highest BCUT2D eigenvalue weighted by molar-refractivity contribution is 7.12. The third kappa shape index (κ3) is 6.90. The Kier molecular flexibility index (Phi) is 9.25. The van der Waals surface area contributed by atoms with Crippen LogP contribution in [0.2, 0.25) is 0 Å². The van der Waals surface area contributed by atoms with Crippen LogP contribution in [-0.2, 0) is 20.7 Å². The number of hydrogen-bond donors (Lipinski definition) is 2. The molecule has 0 unspecified atom stereocenters. The molecule has 2 heterocycles. The van der Waals surface area contributed by atoms with E-state index < -0.39 is 6.04 Å². The highest BCUT2D eigenvalue weighted by atomic mass is 32.1. The summed E-state index contributed by atoms with van der Waals surface area (Å²) in [4.78, 5) is 40.6. The largest absolute Gasteiger partial charge is 0.383 e. The molecule has 1 aromatic heterocycles. The van der Waals surface area contributed by atoms with E-state index in [0.717, 1.165) is 12.0 Å². The molecule has 1 aliphatic rings. The van der Waals surface area contributed by atoms with Crippen LogP contribution >= 0.6 is 11.3 Å². The first-order valence-electron chi connectivity index (χ1n) is 11.0. The molecule has 1 atom stereocenters. The molecule has 0 bridgehead atoms. The highest BCUT2D eigenvalue weighted by Gasteiger charge is 2.34. The van der Waals surface area contributed by atoms with Gasteiger partial charge in [0.15, 0.2) is 0 Å². The van der Waals surface area contributed by atoms with E-state index in [1.54, 1.807) is 13.2 Å². The van der Waals surface area contributed by atoms with Gasteiger partial charge in [-0.25, -0.2) is 0 Å². The van der Waals surface area contributed by atoms with Crippen LogP contribution in [0.1, 0.15) is 34.5 Å². The van der Waals surface area contributed by atoms with Gasteiger partial charge in [-0.05, 0) is 42.2 Å². The zero-order valence-corrected chi connectivity index (χ0v) is 19.2. The average molecular weight is 458 g/mol. The summed E-state index contributed by atoms with van der Waals surface area (Å²) in [6.07, 6.45) is 2.54. The molecular weight excluding hydrogens is 426 g/mol. The Balaban J connectivity index is 1.55. The number of likely N-dealkylation sites (tertiary alicyclic amines) is 1. The van der Waals surface area contributed by atoms with E-state index in [1.807, 2.05) is 46.7 Å². The van der Waals surface area contributed by atoms with Crippen LogP contribution < -0.4 is 10.6 Å². The van der Waals surface area contributed by atoms with E-state index >= 15 is 0 Å². The molecule has 0 aliphatic carbocycles. The standard InChI is InChI=1S/C24H31N3O4S/c1-31-16-13-25-24(30)22(26-23(29)20-8-5-17-32-20)19-11-14-27(15-12-19)21(28)10-9-18-6-3-2-4-7-18/h2-8,17,19,22H,9-16H2,1H3,(H,25,30)(H,26,29)/t22-/m0/s1. The maximum atomic E-state index is 12.8. The number of carbonyl (C=O) groups is 3. The Bertz CT molecular complexity index is 865. The summed E-state index contributed by atoms with van der Waals surface area (Å²) < 4.78 is 5.01. The minimum Gasteiger partial charge on any atom is -0.383 e. The van der Waals surface area contributed by atoms with E-state index in [1.165, 1.54) is 11.3 Å². The summed E-state index contributed by atoms with van der Waals surface area (Å²) in [5, 5.41) is 7.61. The van der Waals surface area contributed by atoms with E-state index in [9.17, 15) is 14.4 Å². The van der Waals surface area contributed by atoms with Crippen LogP contribution in [0, 0.1) is 5.92 Å². The van der Waals surface area contributed by atoms with Gasteiger partial charge in [0, 0.05) is 33.2 Å². The number of nitrogens with zero attached hydrogens (tertiary/aromatic N) is 1. The van der Waals surface area contributed by atoms with Gasteiger partial charge in [-0.2, -0.15) is 0 Å². The van der Waals surface area contributed by atoms with Crippen molar-refractivity contribution in [3.63, 3.8) is 0 Å². The van der Waals surface area contributed by atoms with Crippen molar-refractivity contribution in [2.75, 3.05) is 33.4 Å². The lowest BCUT2D eigenvalue weighted by Crippen LogP contribution is -2.54. The van der Waals surface area contributed by atoms with E-state index in [0.29, 0.717) is 50.4 Å². The van der Waals surface area contributed by atoms with Gasteiger partial charge in [0.05, 0.1) is 11.5 Å². The van der Waals surface area contributed by atoms with E-state index in [-0.39, 0.29) is 23.6 Å². The molecular formula is C24H31N3O4S. The SMILES string of the molecule is COCCNC(=O)[C@@H](NC(=O)c1cccs1)C1CCN(C(=O)CCc2ccccc2)CC1. The predicted octanol–water partition coefficient (Wildman–Crippen LogP) is 2.48. The molecule has 1 aliphatic heterocycles. The summed E-state index contributed by atoms with van der Waals surface area (Å²) in [6, 6.07) is 12.9. The van der Waals surface area contributed by atoms with Crippen LogP contribution in [0.15, 0.2) is 47.8 Å². The van der Waals surface area contributed by atoms with Gasteiger partial charge in [0.2, 0.25) is 11.8 Å². The molecule has 1 fully saturated rings. The van der Waals surface area contributed by atoms with Crippen LogP contribution in [0.4, 0.5) is 0 Å². The quantitative estimate of drug-likeness (QED) is 0.537. The Labute approximate surface area is 193 Å². The number of ether oxygens (including phenoxy) is 1. The number of thiophene rings is 1. The number of aryl methyl sites for hydroxylation is 1. The van der Waals surface area contributed by atoms with Gasteiger partial charge >= 0.3 is 0 Å². The topological polar surface area (TPSA) is 87.7 Å². The second-order valence-electron chi connectivity index (χ2n) is 7.92. The van der Waals surface area contributed by atoms with Crippen molar-refractivity contribution in [3.05, 3.63) is 58.3 Å². The second-order valence-corrected chi connectivity index (χ2v) is 8.86. The van der Waals surface area contributed by atoms with Crippen molar-refractivity contribution in [2.24, 2.45) is 5.92 Å². The predicted molar refractivity (Wildman–Crippen MR) is 125 cm³/mol. The Morgan fingerprint density at radius 2 is 1.88 bits per heavy atom. The number of hydrogen-bond acceptors (Lipinski definition) is 5. The Morgan fingerprint density at radius 1 is 1.12 bits per heavy atom. The highest BCUT2D eigenvalue weighted by Crippen LogP contribution is 2.23. The van der Waals surface area contributed by atoms with Gasteiger partial charge in [-0.1, -0.05) is 36.4 Å². The normalized spacial score (nSPS) is 15.2. The summed E-state index contributed by atoms with van der Waals surface area (Å²) in [6.45, 7) is 1.98. The molecule has 3 amide bonds. The monoisotopic (exact) mass is 457 g/mol. The van der Waals surface area contributed by atoms with Crippen molar-refractivity contribution in [3.8, 4) is 0 Å². The fraction of sp³-hybridized carbons (Fsp3) is 0.458. The van der Waals surface area contributed by atoms with Gasteiger partial charge in [0.1, 0.15) is 6.04 Å². The lowest BCUT2D eigenvalue weighted by Gasteiger charge is -2.36. The van der Waals surface area contributed by atoms with Crippen molar-refractivity contribution < 1.29 is 19.1 Å². The Morgan fingerprint density at radius 3 is 2.53 bits per heavy atom. The molecule has 2 N–H and O–H groups in total. The molecule has 1 saturated heterocycles. The first kappa shape index (κ1) is 23.9. The summed E-state index contributed by atoms with van der Waals surface area (Å²) in [5.74, 6) is -0.343. The molecule has 2 aromatic rings. The molecule has 172 valence electrons. The summed E-state index contributed by atoms with van der Waals surface area (Å²) in [5.41, 5.74) is 1.15. The maximum Gasteiger partial charge on any atom is 0.262 e. The minimum absolute atomic E-state index is 0.0281. The van der Waals surface area contributed by atoms with Crippen molar-refractivity contribution in [2.45, 2.75) is 31.7 Å². The number of benzene rings is 1. The number of piperidine rings is 1. The number of rotatable bonds is 10. The molecule has 8 heteroatoms. The molecule has 7 nitrogen and oxygen atoms in total. The van der Waals surface area contributed by atoms with Crippen molar-refractivity contribution >= 4 is 29.1 Å². The van der Waals surface area contributed by atoms with Crippen LogP contribution in [0.3, 0.4) is 0 Å². The molecule has 1 aromatic carbocycles. The maximum absolute atomic E-state index is 12.8. The number of nitrogens with one attached hydrogen (secondary N) is 2. The molecule has 32 heavy (non-hydrogen) atoms. The lowest BCUT2D eigenvalue weighted by molar-refractivity contribution is -0.133. The smallest absolute Gasteiger partial charge is 0.262 e. The lowest BCUT2D eigenvalue weighted by atomic mass is 9.88. The van der Waals surface area contributed by atoms with E-state index in [2.05, 4.69) is 10.6 Å². The third-order valence-corrected chi connectivity index (χ3v) is 6.62. The molecule has 0 saturated carbocycles. The van der Waals surface area contributed by atoms with Crippen LogP contribution in [0.5, 0.6) is 0 Å². The van der Waals surface area contributed by atoms with Gasteiger partial charge in [0.25, 0.3) is 5.91 Å². The molecule has 0 spiro atoms. The zero-order valence-electron chi connectivity index (χ0n) is 18.4. The minimum atomic E-state index is -0.636. The average Bonchev–Trinajstić information content (AvgIpc) is 3.37. The molecule has 3 rings (SSSR count). The molecule has 0 radical (unpaired) electrons. The number of carbonyl (C=O) groups excluding carboxylic acids is 3. The fourth-order valence-electron chi connectivity index (χ4n) is 3.94. The van der Waals surface area contributed by atoms with Gasteiger partial charge in [-0.3, -0.25) is 14.4 Å². The Hall–Kier alpha value is -2.71. The van der Waals surface area contributed by atoms with Crippen molar-refractivity contribution in [1.82, 2.24) is 15.5 Å². The first-order valence-corrected chi connectivity index (χ1v) is 11.9. The zero-order chi connectivity index (χ0) is 22.8. The van der Waals surface area contributed by atoms with Crippen LogP contribution in [-0.4, -0.2) is 62.0 Å². The van der Waals surface area contributed by atoms with Crippen LogP contribution in [0.25, 0.3) is 0 Å². The second kappa shape index (κ2) is 12.4. The van der Waals surface area contributed by atoms with Crippen molar-refractivity contribution in [1.29, 1.82) is 0 Å². The van der Waals surface area contributed by atoms with E-state index in [4.69, 9.17) is 4.74 Å². The fourth-order valence-corrected chi connectivity index (χ4v) is 4.57. The number of methoxy groups -OCH3 is 1. The first-order chi connectivity index (χ1) is 15.6.